The van der Waals surface area contributed by atoms with Crippen molar-refractivity contribution in [3.8, 4) is 11.8 Å². The standard InChI is InChI=1S/C13H12ClNO/c1-16-10-3-4-11-12(8-10)9(6-7-15)2-5-13(11)14/h2-4,8,13H,5-6H2,1H3. The Labute approximate surface area is 100 Å². The third-order valence-electron chi connectivity index (χ3n) is 2.78. The van der Waals surface area contributed by atoms with Crippen molar-refractivity contribution in [3.05, 3.63) is 35.4 Å². The second-order valence-electron chi connectivity index (χ2n) is 3.72. The van der Waals surface area contributed by atoms with Gasteiger partial charge in [0.1, 0.15) is 5.75 Å². The van der Waals surface area contributed by atoms with E-state index in [0.717, 1.165) is 28.9 Å². The van der Waals surface area contributed by atoms with Crippen LogP contribution in [0.3, 0.4) is 0 Å². The van der Waals surface area contributed by atoms with E-state index in [1.54, 1.807) is 7.11 Å². The average Bonchev–Trinajstić information content (AvgIpc) is 2.32. The fourth-order valence-electron chi connectivity index (χ4n) is 1.95. The molecule has 0 saturated carbocycles. The number of hydrogen-bond acceptors (Lipinski definition) is 2. The van der Waals surface area contributed by atoms with Crippen molar-refractivity contribution in [2.45, 2.75) is 18.2 Å². The van der Waals surface area contributed by atoms with E-state index in [9.17, 15) is 0 Å². The van der Waals surface area contributed by atoms with E-state index in [1.807, 2.05) is 24.3 Å². The molecule has 1 aliphatic rings. The summed E-state index contributed by atoms with van der Waals surface area (Å²) in [5.41, 5.74) is 3.19. The molecular formula is C13H12ClNO. The highest BCUT2D eigenvalue weighted by Crippen LogP contribution is 2.39. The Balaban J connectivity index is 2.49. The van der Waals surface area contributed by atoms with Gasteiger partial charge in [0, 0.05) is 0 Å². The summed E-state index contributed by atoms with van der Waals surface area (Å²) < 4.78 is 5.19. The lowest BCUT2D eigenvalue weighted by Crippen LogP contribution is -2.02. The molecular weight excluding hydrogens is 222 g/mol. The van der Waals surface area contributed by atoms with E-state index in [1.165, 1.54) is 0 Å². The molecule has 0 aliphatic heterocycles. The fourth-order valence-corrected chi connectivity index (χ4v) is 2.23. The predicted octanol–water partition coefficient (Wildman–Crippen LogP) is 3.68. The van der Waals surface area contributed by atoms with Gasteiger partial charge < -0.3 is 4.74 Å². The summed E-state index contributed by atoms with van der Waals surface area (Å²) in [6, 6.07) is 8.02. The van der Waals surface area contributed by atoms with Gasteiger partial charge in [-0.15, -0.1) is 11.6 Å². The summed E-state index contributed by atoms with van der Waals surface area (Å²) in [7, 11) is 1.64. The first-order valence-corrected chi connectivity index (χ1v) is 5.58. The molecule has 0 spiro atoms. The third kappa shape index (κ3) is 1.91. The Morgan fingerprint density at radius 1 is 1.56 bits per heavy atom. The number of methoxy groups -OCH3 is 1. The second kappa shape index (κ2) is 4.59. The van der Waals surface area contributed by atoms with E-state index in [0.29, 0.717) is 6.42 Å². The largest absolute Gasteiger partial charge is 0.497 e. The zero-order valence-electron chi connectivity index (χ0n) is 9.03. The van der Waals surface area contributed by atoms with Gasteiger partial charge in [-0.3, -0.25) is 0 Å². The number of benzene rings is 1. The summed E-state index contributed by atoms with van der Waals surface area (Å²) in [5.74, 6) is 0.799. The van der Waals surface area contributed by atoms with Crippen LogP contribution < -0.4 is 4.74 Å². The van der Waals surface area contributed by atoms with Gasteiger partial charge in [-0.05, 0) is 35.3 Å². The van der Waals surface area contributed by atoms with Crippen molar-refractivity contribution in [2.75, 3.05) is 7.11 Å². The number of nitriles is 1. The van der Waals surface area contributed by atoms with Crippen LogP contribution >= 0.6 is 11.6 Å². The predicted molar refractivity (Wildman–Crippen MR) is 64.4 cm³/mol. The Morgan fingerprint density at radius 3 is 3.06 bits per heavy atom. The van der Waals surface area contributed by atoms with Crippen LogP contribution in [-0.2, 0) is 0 Å². The van der Waals surface area contributed by atoms with Crippen molar-refractivity contribution in [2.24, 2.45) is 0 Å². The highest BCUT2D eigenvalue weighted by atomic mass is 35.5. The Kier molecular flexibility index (Phi) is 3.17. The van der Waals surface area contributed by atoms with Crippen molar-refractivity contribution < 1.29 is 4.74 Å². The minimum absolute atomic E-state index is 0.00310. The molecule has 3 heteroatoms. The van der Waals surface area contributed by atoms with Gasteiger partial charge in [-0.25, -0.2) is 0 Å². The summed E-state index contributed by atoms with van der Waals surface area (Å²) in [6.45, 7) is 0. The molecule has 1 aromatic carbocycles. The highest BCUT2D eigenvalue weighted by Gasteiger charge is 2.19. The molecule has 1 aromatic rings. The molecule has 16 heavy (non-hydrogen) atoms. The molecule has 2 rings (SSSR count). The van der Waals surface area contributed by atoms with Crippen molar-refractivity contribution in [1.29, 1.82) is 5.26 Å². The van der Waals surface area contributed by atoms with Crippen LogP contribution in [0.1, 0.15) is 29.3 Å². The van der Waals surface area contributed by atoms with Gasteiger partial charge in [-0.2, -0.15) is 5.26 Å². The number of hydrogen-bond donors (Lipinski definition) is 0. The van der Waals surface area contributed by atoms with E-state index in [-0.39, 0.29) is 5.38 Å². The van der Waals surface area contributed by atoms with E-state index in [4.69, 9.17) is 21.6 Å². The van der Waals surface area contributed by atoms with E-state index >= 15 is 0 Å². The first-order chi connectivity index (χ1) is 7.76. The van der Waals surface area contributed by atoms with Crippen LogP contribution in [0.5, 0.6) is 5.75 Å². The molecule has 0 saturated heterocycles. The van der Waals surface area contributed by atoms with Crippen LogP contribution in [0.2, 0.25) is 0 Å². The quantitative estimate of drug-likeness (QED) is 0.730. The van der Waals surface area contributed by atoms with E-state index in [2.05, 4.69) is 6.07 Å². The molecule has 0 amide bonds. The number of alkyl halides is 1. The van der Waals surface area contributed by atoms with Crippen LogP contribution in [0.15, 0.2) is 24.3 Å². The molecule has 0 N–H and O–H groups in total. The van der Waals surface area contributed by atoms with Gasteiger partial charge >= 0.3 is 0 Å². The molecule has 0 heterocycles. The molecule has 82 valence electrons. The maximum absolute atomic E-state index is 8.78. The van der Waals surface area contributed by atoms with Crippen molar-refractivity contribution >= 4 is 17.2 Å². The molecule has 0 bridgehead atoms. The molecule has 0 fully saturated rings. The molecule has 1 atom stereocenters. The Morgan fingerprint density at radius 2 is 2.38 bits per heavy atom. The zero-order valence-corrected chi connectivity index (χ0v) is 9.79. The van der Waals surface area contributed by atoms with Gasteiger partial charge in [-0.1, -0.05) is 12.1 Å². The molecule has 0 radical (unpaired) electrons. The van der Waals surface area contributed by atoms with Crippen LogP contribution in [-0.4, -0.2) is 7.11 Å². The number of allylic oxidation sites excluding steroid dienone is 2. The minimum atomic E-state index is 0.00310. The number of fused-ring (bicyclic) bond motifs is 1. The van der Waals surface area contributed by atoms with Gasteiger partial charge in [0.2, 0.25) is 0 Å². The molecule has 1 unspecified atom stereocenters. The number of ether oxygens (including phenoxy) is 1. The number of rotatable bonds is 2. The SMILES string of the molecule is COc1ccc2c(c1)C(CC#N)=CCC2Cl. The topological polar surface area (TPSA) is 33.0 Å². The highest BCUT2D eigenvalue weighted by molar-refractivity contribution is 6.21. The van der Waals surface area contributed by atoms with Gasteiger partial charge in [0.05, 0.1) is 25.0 Å². The van der Waals surface area contributed by atoms with Crippen LogP contribution in [0.4, 0.5) is 0 Å². The van der Waals surface area contributed by atoms with E-state index < -0.39 is 0 Å². The molecule has 2 nitrogen and oxygen atoms in total. The van der Waals surface area contributed by atoms with Crippen molar-refractivity contribution in [1.82, 2.24) is 0 Å². The number of halogens is 1. The summed E-state index contributed by atoms with van der Waals surface area (Å²) >= 11 is 6.24. The third-order valence-corrected chi connectivity index (χ3v) is 3.20. The lowest BCUT2D eigenvalue weighted by atomic mass is 9.89. The minimum Gasteiger partial charge on any atom is -0.497 e. The fraction of sp³-hybridized carbons (Fsp3) is 0.308. The molecule has 1 aliphatic carbocycles. The monoisotopic (exact) mass is 233 g/mol. The smallest absolute Gasteiger partial charge is 0.119 e. The first kappa shape index (κ1) is 11.0. The summed E-state index contributed by atoms with van der Waals surface area (Å²) in [4.78, 5) is 0. The summed E-state index contributed by atoms with van der Waals surface area (Å²) in [5, 5.41) is 8.78. The van der Waals surface area contributed by atoms with Crippen molar-refractivity contribution in [3.63, 3.8) is 0 Å². The normalized spacial score (nSPS) is 18.3. The number of nitrogens with zero attached hydrogens (tertiary/aromatic N) is 1. The van der Waals surface area contributed by atoms with Gasteiger partial charge in [0.25, 0.3) is 0 Å². The lowest BCUT2D eigenvalue weighted by Gasteiger charge is -2.21. The van der Waals surface area contributed by atoms with Crippen LogP contribution in [0.25, 0.3) is 5.57 Å². The second-order valence-corrected chi connectivity index (χ2v) is 4.25. The van der Waals surface area contributed by atoms with Crippen LogP contribution in [0, 0.1) is 11.3 Å². The maximum atomic E-state index is 8.78. The molecule has 0 aromatic heterocycles. The lowest BCUT2D eigenvalue weighted by molar-refractivity contribution is 0.414. The average molecular weight is 234 g/mol. The summed E-state index contributed by atoms with van der Waals surface area (Å²) in [6.07, 6.45) is 3.25. The Hall–Kier alpha value is -1.46. The maximum Gasteiger partial charge on any atom is 0.119 e. The Bertz CT molecular complexity index is 473. The van der Waals surface area contributed by atoms with Gasteiger partial charge in [0.15, 0.2) is 0 Å². The first-order valence-electron chi connectivity index (χ1n) is 5.14. The zero-order chi connectivity index (χ0) is 11.5.